The average Bonchev–Trinajstić information content (AvgIpc) is 2.65. The lowest BCUT2D eigenvalue weighted by Gasteiger charge is -2.31. The minimum atomic E-state index is -4.05. The van der Waals surface area contributed by atoms with Crippen LogP contribution >= 0.6 is 0 Å². The summed E-state index contributed by atoms with van der Waals surface area (Å²) in [5.41, 5.74) is 1.38. The maximum atomic E-state index is 14.2. The molecule has 0 radical (unpaired) electrons. The van der Waals surface area contributed by atoms with Crippen LogP contribution in [0.1, 0.15) is 24.1 Å². The predicted molar refractivity (Wildman–Crippen MR) is 102 cm³/mol. The Morgan fingerprint density at radius 3 is 2.11 bits per heavy atom. The summed E-state index contributed by atoms with van der Waals surface area (Å²) in [5.74, 6) is -1.02. The molecule has 3 aromatic carbocycles. The van der Waals surface area contributed by atoms with E-state index >= 15 is 0 Å². The summed E-state index contributed by atoms with van der Waals surface area (Å²) in [7, 11) is -4.05. The van der Waals surface area contributed by atoms with Gasteiger partial charge in [0.25, 0.3) is 10.0 Å². The lowest BCUT2D eigenvalue weighted by atomic mass is 10.1. The maximum Gasteiger partial charge on any atom is 0.264 e. The fraction of sp³-hybridized carbons (Fsp3) is 0.143. The van der Waals surface area contributed by atoms with E-state index in [0.717, 1.165) is 22.0 Å². The molecule has 140 valence electrons. The number of hydrogen-bond donors (Lipinski definition) is 0. The van der Waals surface area contributed by atoms with Gasteiger partial charge in [-0.05, 0) is 61.4 Å². The van der Waals surface area contributed by atoms with Crippen molar-refractivity contribution in [3.8, 4) is 0 Å². The van der Waals surface area contributed by atoms with Crippen LogP contribution in [0.15, 0.2) is 77.7 Å². The van der Waals surface area contributed by atoms with E-state index in [1.54, 1.807) is 19.9 Å². The zero-order valence-corrected chi connectivity index (χ0v) is 15.7. The molecule has 0 bridgehead atoms. The summed E-state index contributed by atoms with van der Waals surface area (Å²) in [5, 5.41) is 0. The molecule has 0 amide bonds. The Labute approximate surface area is 157 Å². The highest BCUT2D eigenvalue weighted by Gasteiger charge is 2.30. The molecule has 0 unspecified atom stereocenters. The minimum absolute atomic E-state index is 0.0623. The molecule has 1 atom stereocenters. The van der Waals surface area contributed by atoms with Crippen molar-refractivity contribution >= 4 is 15.7 Å². The van der Waals surface area contributed by atoms with E-state index in [0.29, 0.717) is 5.56 Å². The Bertz CT molecular complexity index is 1040. The highest BCUT2D eigenvalue weighted by Crippen LogP contribution is 2.34. The van der Waals surface area contributed by atoms with Gasteiger partial charge in [0.15, 0.2) is 0 Å². The lowest BCUT2D eigenvalue weighted by Crippen LogP contribution is -2.33. The molecule has 0 saturated heterocycles. The molecule has 0 fully saturated rings. The monoisotopic (exact) mass is 387 g/mol. The van der Waals surface area contributed by atoms with E-state index < -0.39 is 27.7 Å². The molecule has 0 N–H and O–H groups in total. The zero-order chi connectivity index (χ0) is 19.6. The van der Waals surface area contributed by atoms with Crippen molar-refractivity contribution in [2.45, 2.75) is 24.8 Å². The van der Waals surface area contributed by atoms with E-state index in [2.05, 4.69) is 0 Å². The number of hydrogen-bond acceptors (Lipinski definition) is 2. The van der Waals surface area contributed by atoms with Crippen molar-refractivity contribution < 1.29 is 17.2 Å². The normalized spacial score (nSPS) is 12.6. The molecule has 0 spiro atoms. The van der Waals surface area contributed by atoms with Gasteiger partial charge in [-0.2, -0.15) is 0 Å². The second kappa shape index (κ2) is 7.48. The average molecular weight is 387 g/mol. The third kappa shape index (κ3) is 3.85. The molecule has 0 heterocycles. The summed E-state index contributed by atoms with van der Waals surface area (Å²) < 4.78 is 55.3. The van der Waals surface area contributed by atoms with Crippen molar-refractivity contribution in [3.05, 3.63) is 95.6 Å². The van der Waals surface area contributed by atoms with Gasteiger partial charge in [-0.15, -0.1) is 0 Å². The molecule has 3 nitrogen and oxygen atoms in total. The van der Waals surface area contributed by atoms with Crippen LogP contribution in [-0.4, -0.2) is 8.42 Å². The van der Waals surface area contributed by atoms with Gasteiger partial charge in [-0.25, -0.2) is 17.2 Å². The largest absolute Gasteiger partial charge is 0.264 e. The Kier molecular flexibility index (Phi) is 5.28. The highest BCUT2D eigenvalue weighted by molar-refractivity contribution is 7.92. The Morgan fingerprint density at radius 2 is 1.52 bits per heavy atom. The number of halogens is 2. The molecule has 0 aliphatic carbocycles. The van der Waals surface area contributed by atoms with Crippen LogP contribution in [0.4, 0.5) is 14.5 Å². The van der Waals surface area contributed by atoms with Crippen molar-refractivity contribution in [2.75, 3.05) is 4.31 Å². The molecular weight excluding hydrogens is 368 g/mol. The van der Waals surface area contributed by atoms with E-state index in [-0.39, 0.29) is 10.6 Å². The first-order chi connectivity index (χ1) is 12.8. The Hall–Kier alpha value is -2.73. The Balaban J connectivity index is 2.17. The van der Waals surface area contributed by atoms with Crippen molar-refractivity contribution in [3.63, 3.8) is 0 Å². The smallest absolute Gasteiger partial charge is 0.259 e. The van der Waals surface area contributed by atoms with E-state index in [1.807, 2.05) is 30.3 Å². The topological polar surface area (TPSA) is 37.4 Å². The molecule has 0 aromatic heterocycles. The SMILES string of the molecule is Cc1ccc(N([C@@H](C)c2ccccc2)S(=O)(=O)c2ccc(F)cc2)cc1F. The second-order valence-electron chi connectivity index (χ2n) is 6.27. The van der Waals surface area contributed by atoms with Gasteiger partial charge in [0.2, 0.25) is 0 Å². The van der Waals surface area contributed by atoms with Crippen LogP contribution < -0.4 is 4.31 Å². The lowest BCUT2D eigenvalue weighted by molar-refractivity contribution is 0.581. The summed E-state index contributed by atoms with van der Waals surface area (Å²) in [6, 6.07) is 17.4. The Morgan fingerprint density at radius 1 is 0.889 bits per heavy atom. The predicted octanol–water partition coefficient (Wildman–Crippen LogP) is 5.23. The summed E-state index contributed by atoms with van der Waals surface area (Å²) in [6.07, 6.45) is 0. The molecule has 27 heavy (non-hydrogen) atoms. The van der Waals surface area contributed by atoms with Crippen LogP contribution in [0.2, 0.25) is 0 Å². The van der Waals surface area contributed by atoms with Crippen molar-refractivity contribution in [2.24, 2.45) is 0 Å². The van der Waals surface area contributed by atoms with Crippen molar-refractivity contribution in [1.82, 2.24) is 0 Å². The standard InChI is InChI=1S/C21H19F2NO2S/c1-15-8-11-19(14-21(15)23)24(16(2)17-6-4-3-5-7-17)27(25,26)20-12-9-18(22)10-13-20/h3-14,16H,1-2H3/t16-/m0/s1. The van der Waals surface area contributed by atoms with Gasteiger partial charge in [-0.3, -0.25) is 4.31 Å². The first kappa shape index (κ1) is 19.0. The number of rotatable bonds is 5. The quantitative estimate of drug-likeness (QED) is 0.601. The van der Waals surface area contributed by atoms with Crippen LogP contribution in [0.5, 0.6) is 0 Å². The fourth-order valence-electron chi connectivity index (χ4n) is 2.88. The number of sulfonamides is 1. The van der Waals surface area contributed by atoms with Gasteiger partial charge < -0.3 is 0 Å². The fourth-order valence-corrected chi connectivity index (χ4v) is 4.51. The highest BCUT2D eigenvalue weighted by atomic mass is 32.2. The summed E-state index contributed by atoms with van der Waals surface area (Å²) in [6.45, 7) is 3.34. The van der Waals surface area contributed by atoms with Gasteiger partial charge in [0.1, 0.15) is 11.6 Å². The molecule has 0 aliphatic rings. The molecule has 3 aromatic rings. The number of aryl methyl sites for hydroxylation is 1. The van der Waals surface area contributed by atoms with E-state index in [4.69, 9.17) is 0 Å². The van der Waals surface area contributed by atoms with Crippen LogP contribution in [0, 0.1) is 18.6 Å². The van der Waals surface area contributed by atoms with Gasteiger partial charge in [-0.1, -0.05) is 36.4 Å². The van der Waals surface area contributed by atoms with Crippen LogP contribution in [0.3, 0.4) is 0 Å². The van der Waals surface area contributed by atoms with Gasteiger partial charge >= 0.3 is 0 Å². The maximum absolute atomic E-state index is 14.2. The first-order valence-corrected chi connectivity index (χ1v) is 9.86. The minimum Gasteiger partial charge on any atom is -0.259 e. The second-order valence-corrected chi connectivity index (χ2v) is 8.09. The third-order valence-electron chi connectivity index (χ3n) is 4.41. The first-order valence-electron chi connectivity index (χ1n) is 8.42. The molecule has 6 heteroatoms. The number of benzene rings is 3. The zero-order valence-electron chi connectivity index (χ0n) is 14.9. The third-order valence-corrected chi connectivity index (χ3v) is 6.33. The summed E-state index contributed by atoms with van der Waals surface area (Å²) in [4.78, 5) is -0.0623. The van der Waals surface area contributed by atoms with Crippen molar-refractivity contribution in [1.29, 1.82) is 0 Å². The molecule has 0 saturated carbocycles. The number of anilines is 1. The van der Waals surface area contributed by atoms with Gasteiger partial charge in [0.05, 0.1) is 16.6 Å². The van der Waals surface area contributed by atoms with E-state index in [1.165, 1.54) is 24.3 Å². The molecule has 0 aliphatic heterocycles. The molecular formula is C21H19F2NO2S. The van der Waals surface area contributed by atoms with Crippen LogP contribution in [0.25, 0.3) is 0 Å². The summed E-state index contributed by atoms with van der Waals surface area (Å²) >= 11 is 0. The van der Waals surface area contributed by atoms with E-state index in [9.17, 15) is 17.2 Å². The van der Waals surface area contributed by atoms with Crippen LogP contribution in [-0.2, 0) is 10.0 Å². The molecule has 3 rings (SSSR count). The van der Waals surface area contributed by atoms with Gasteiger partial charge in [0, 0.05) is 0 Å². The number of nitrogens with zero attached hydrogens (tertiary/aromatic N) is 1.